The molecule has 1 atom stereocenters. The molecular formula is C27H35BrN2O3. The lowest BCUT2D eigenvalue weighted by Gasteiger charge is -2.31. The molecule has 2 amide bonds. The van der Waals surface area contributed by atoms with E-state index in [0.717, 1.165) is 42.1 Å². The average Bonchev–Trinajstić information content (AvgIpc) is 2.84. The Balaban J connectivity index is 1.66. The van der Waals surface area contributed by atoms with E-state index < -0.39 is 6.04 Å². The lowest BCUT2D eigenvalue weighted by molar-refractivity contribution is -0.141. The van der Waals surface area contributed by atoms with Gasteiger partial charge in [0.1, 0.15) is 11.8 Å². The van der Waals surface area contributed by atoms with Crippen LogP contribution in [0, 0.1) is 0 Å². The van der Waals surface area contributed by atoms with Crippen molar-refractivity contribution in [3.63, 3.8) is 0 Å². The molecule has 0 spiro atoms. The standard InChI is InChI=1S/C27H35BrN2O3/c1-3-21-14-15-25(24(28)18-21)33-19-26(31)30(17-16-22-10-6-4-7-11-22)20(2)27(32)29-23-12-8-5-9-13-23/h4,6-7,10-11,14-15,18,20,23H,3,5,8-9,12-13,16-17,19H2,1-2H3,(H,29,32)/t20-/m0/s1. The number of carbonyl (C=O) groups is 2. The molecule has 6 heteroatoms. The lowest BCUT2D eigenvalue weighted by atomic mass is 9.95. The van der Waals surface area contributed by atoms with Crippen molar-refractivity contribution in [1.82, 2.24) is 10.2 Å². The van der Waals surface area contributed by atoms with Gasteiger partial charge in [-0.15, -0.1) is 0 Å². The molecule has 3 rings (SSSR count). The van der Waals surface area contributed by atoms with Crippen LogP contribution in [0.3, 0.4) is 0 Å². The summed E-state index contributed by atoms with van der Waals surface area (Å²) in [7, 11) is 0. The summed E-state index contributed by atoms with van der Waals surface area (Å²) in [4.78, 5) is 27.9. The Labute approximate surface area is 206 Å². The van der Waals surface area contributed by atoms with Crippen LogP contribution in [-0.2, 0) is 22.4 Å². The number of benzene rings is 2. The van der Waals surface area contributed by atoms with Crippen molar-refractivity contribution >= 4 is 27.7 Å². The van der Waals surface area contributed by atoms with Crippen molar-refractivity contribution in [3.05, 3.63) is 64.1 Å². The molecule has 1 N–H and O–H groups in total. The second-order valence-electron chi connectivity index (χ2n) is 8.75. The van der Waals surface area contributed by atoms with E-state index in [2.05, 4.69) is 28.2 Å². The van der Waals surface area contributed by atoms with E-state index >= 15 is 0 Å². The van der Waals surface area contributed by atoms with Gasteiger partial charge in [0.2, 0.25) is 5.91 Å². The predicted octanol–water partition coefficient (Wildman–Crippen LogP) is 5.30. The van der Waals surface area contributed by atoms with E-state index in [0.29, 0.717) is 18.7 Å². The van der Waals surface area contributed by atoms with E-state index in [1.807, 2.05) is 55.5 Å². The number of nitrogens with zero attached hydrogens (tertiary/aromatic N) is 1. The Morgan fingerprint density at radius 3 is 2.48 bits per heavy atom. The van der Waals surface area contributed by atoms with Crippen molar-refractivity contribution in [2.45, 2.75) is 70.9 Å². The van der Waals surface area contributed by atoms with Gasteiger partial charge in [0.05, 0.1) is 4.47 Å². The number of rotatable bonds is 10. The van der Waals surface area contributed by atoms with Crippen LogP contribution in [-0.4, -0.2) is 41.9 Å². The molecule has 1 aliphatic rings. The fourth-order valence-electron chi connectivity index (χ4n) is 4.24. The number of amides is 2. The maximum Gasteiger partial charge on any atom is 0.261 e. The summed E-state index contributed by atoms with van der Waals surface area (Å²) in [5.41, 5.74) is 2.33. The Morgan fingerprint density at radius 2 is 1.82 bits per heavy atom. The zero-order valence-electron chi connectivity index (χ0n) is 19.7. The van der Waals surface area contributed by atoms with Crippen molar-refractivity contribution in [3.8, 4) is 5.75 Å². The molecule has 1 fully saturated rings. The molecule has 0 heterocycles. The number of nitrogens with one attached hydrogen (secondary N) is 1. The van der Waals surface area contributed by atoms with Gasteiger partial charge in [-0.3, -0.25) is 9.59 Å². The molecule has 0 bridgehead atoms. The summed E-state index contributed by atoms with van der Waals surface area (Å²) >= 11 is 3.53. The Kier molecular flexibility index (Phi) is 9.79. The predicted molar refractivity (Wildman–Crippen MR) is 135 cm³/mol. The quantitative estimate of drug-likeness (QED) is 0.467. The minimum Gasteiger partial charge on any atom is -0.483 e. The van der Waals surface area contributed by atoms with Gasteiger partial charge in [-0.05, 0) is 71.8 Å². The smallest absolute Gasteiger partial charge is 0.261 e. The van der Waals surface area contributed by atoms with Gasteiger partial charge in [-0.25, -0.2) is 0 Å². The summed E-state index contributed by atoms with van der Waals surface area (Å²) in [6, 6.07) is 15.6. The summed E-state index contributed by atoms with van der Waals surface area (Å²) < 4.78 is 6.67. The number of hydrogen-bond acceptors (Lipinski definition) is 3. The lowest BCUT2D eigenvalue weighted by Crippen LogP contribution is -2.52. The first-order chi connectivity index (χ1) is 16.0. The van der Waals surface area contributed by atoms with Gasteiger partial charge >= 0.3 is 0 Å². The van der Waals surface area contributed by atoms with Crippen molar-refractivity contribution in [1.29, 1.82) is 0 Å². The first-order valence-electron chi connectivity index (χ1n) is 12.0. The van der Waals surface area contributed by atoms with Gasteiger partial charge in [0.15, 0.2) is 6.61 Å². The summed E-state index contributed by atoms with van der Waals surface area (Å²) in [6.07, 6.45) is 7.17. The fraction of sp³-hybridized carbons (Fsp3) is 0.481. The number of ether oxygens (including phenoxy) is 1. The minimum absolute atomic E-state index is 0.0863. The minimum atomic E-state index is -0.558. The molecule has 2 aromatic carbocycles. The molecule has 0 aromatic heterocycles. The number of halogens is 1. The summed E-state index contributed by atoms with van der Waals surface area (Å²) in [5, 5.41) is 3.17. The first-order valence-corrected chi connectivity index (χ1v) is 12.8. The molecular weight excluding hydrogens is 480 g/mol. The maximum atomic E-state index is 13.2. The van der Waals surface area contributed by atoms with Gasteiger partial charge in [-0.2, -0.15) is 0 Å². The van der Waals surface area contributed by atoms with Gasteiger partial charge in [0, 0.05) is 12.6 Å². The monoisotopic (exact) mass is 514 g/mol. The molecule has 178 valence electrons. The van der Waals surface area contributed by atoms with Gasteiger partial charge in [0.25, 0.3) is 5.91 Å². The highest BCUT2D eigenvalue weighted by Gasteiger charge is 2.28. The first kappa shape index (κ1) is 25.3. The number of aryl methyl sites for hydroxylation is 1. The molecule has 0 saturated heterocycles. The van der Waals surface area contributed by atoms with E-state index in [-0.39, 0.29) is 24.5 Å². The molecule has 1 saturated carbocycles. The topological polar surface area (TPSA) is 58.6 Å². The number of hydrogen-bond donors (Lipinski definition) is 1. The van der Waals surface area contributed by atoms with Crippen LogP contribution in [0.25, 0.3) is 0 Å². The fourth-order valence-corrected chi connectivity index (χ4v) is 4.78. The second kappa shape index (κ2) is 12.8. The Morgan fingerprint density at radius 1 is 1.09 bits per heavy atom. The van der Waals surface area contributed by atoms with Crippen LogP contribution in [0.4, 0.5) is 0 Å². The van der Waals surface area contributed by atoms with Crippen LogP contribution in [0.15, 0.2) is 53.0 Å². The van der Waals surface area contributed by atoms with Crippen molar-refractivity contribution in [2.75, 3.05) is 13.2 Å². The van der Waals surface area contributed by atoms with Crippen molar-refractivity contribution < 1.29 is 14.3 Å². The second-order valence-corrected chi connectivity index (χ2v) is 9.60. The maximum absolute atomic E-state index is 13.2. The molecule has 0 unspecified atom stereocenters. The molecule has 5 nitrogen and oxygen atoms in total. The average molecular weight is 515 g/mol. The highest BCUT2D eigenvalue weighted by molar-refractivity contribution is 9.10. The third-order valence-electron chi connectivity index (χ3n) is 6.36. The SMILES string of the molecule is CCc1ccc(OCC(=O)N(CCc2ccccc2)[C@@H](C)C(=O)NC2CCCCC2)c(Br)c1. The highest BCUT2D eigenvalue weighted by atomic mass is 79.9. The van der Waals surface area contributed by atoms with Crippen molar-refractivity contribution in [2.24, 2.45) is 0 Å². The third-order valence-corrected chi connectivity index (χ3v) is 6.98. The molecule has 1 aliphatic carbocycles. The molecule has 33 heavy (non-hydrogen) atoms. The van der Waals surface area contributed by atoms with E-state index in [1.165, 1.54) is 12.0 Å². The normalized spacial score (nSPS) is 15.0. The van der Waals surface area contributed by atoms with Crippen LogP contribution >= 0.6 is 15.9 Å². The largest absolute Gasteiger partial charge is 0.483 e. The summed E-state index contributed by atoms with van der Waals surface area (Å²) in [5.74, 6) is 0.350. The highest BCUT2D eigenvalue weighted by Crippen LogP contribution is 2.26. The number of carbonyl (C=O) groups excluding carboxylic acids is 2. The van der Waals surface area contributed by atoms with E-state index in [9.17, 15) is 9.59 Å². The summed E-state index contributed by atoms with van der Waals surface area (Å²) in [6.45, 7) is 4.25. The van der Waals surface area contributed by atoms with Crippen LogP contribution in [0.1, 0.15) is 57.1 Å². The van der Waals surface area contributed by atoms with Gasteiger partial charge in [-0.1, -0.05) is 62.6 Å². The molecule has 0 aliphatic heterocycles. The molecule has 2 aromatic rings. The third kappa shape index (κ3) is 7.60. The zero-order valence-corrected chi connectivity index (χ0v) is 21.3. The molecule has 0 radical (unpaired) electrons. The van der Waals surface area contributed by atoms with Gasteiger partial charge < -0.3 is 15.0 Å². The Hall–Kier alpha value is -2.34. The Bertz CT molecular complexity index is 913. The van der Waals surface area contributed by atoms with Crippen LogP contribution < -0.4 is 10.1 Å². The van der Waals surface area contributed by atoms with E-state index in [4.69, 9.17) is 4.74 Å². The van der Waals surface area contributed by atoms with E-state index in [1.54, 1.807) is 4.90 Å². The van der Waals surface area contributed by atoms with Crippen LogP contribution in [0.5, 0.6) is 5.75 Å². The van der Waals surface area contributed by atoms with Crippen LogP contribution in [0.2, 0.25) is 0 Å². The zero-order chi connectivity index (χ0) is 23.6.